The molecule has 0 radical (unpaired) electrons. The van der Waals surface area contributed by atoms with Gasteiger partial charge in [-0.25, -0.2) is 0 Å². The van der Waals surface area contributed by atoms with Gasteiger partial charge in [0.2, 0.25) is 5.91 Å². The predicted octanol–water partition coefficient (Wildman–Crippen LogP) is 0.0376. The van der Waals surface area contributed by atoms with Gasteiger partial charge in [-0.05, 0) is 18.3 Å². The summed E-state index contributed by atoms with van der Waals surface area (Å²) in [5.41, 5.74) is 5.77. The van der Waals surface area contributed by atoms with Crippen LogP contribution >= 0.6 is 0 Å². The van der Waals surface area contributed by atoms with Crippen LogP contribution in [0.2, 0.25) is 0 Å². The molecule has 1 fully saturated rings. The molecule has 3 unspecified atom stereocenters. The Kier molecular flexibility index (Phi) is 4.54. The number of hydrogen-bond acceptors (Lipinski definition) is 3. The molecular weight excluding hydrogens is 190 g/mol. The minimum absolute atomic E-state index is 0.0785. The molecule has 0 spiro atoms. The largest absolute Gasteiger partial charge is 0.358 e. The summed E-state index contributed by atoms with van der Waals surface area (Å²) in [5.74, 6) is 1.32. The van der Waals surface area contributed by atoms with Gasteiger partial charge in [-0.2, -0.15) is 0 Å². The fraction of sp³-hybridized carbons (Fsp3) is 0.909. The fourth-order valence-corrected chi connectivity index (χ4v) is 2.59. The van der Waals surface area contributed by atoms with Gasteiger partial charge in [0.25, 0.3) is 0 Å². The Morgan fingerprint density at radius 1 is 1.53 bits per heavy atom. The second kappa shape index (κ2) is 5.47. The summed E-state index contributed by atoms with van der Waals surface area (Å²) in [6.45, 7) is 6.57. The number of piperidine rings is 1. The average molecular weight is 213 g/mol. The van der Waals surface area contributed by atoms with Crippen molar-refractivity contribution < 1.29 is 4.79 Å². The number of likely N-dealkylation sites (N-methyl/N-ethyl adjacent to an activating group) is 1. The predicted molar refractivity (Wildman–Crippen MR) is 61.4 cm³/mol. The summed E-state index contributed by atoms with van der Waals surface area (Å²) in [4.78, 5) is 13.6. The van der Waals surface area contributed by atoms with E-state index in [1.807, 2.05) is 0 Å². The molecule has 0 aromatic rings. The minimum atomic E-state index is 0.0785. The first-order valence-electron chi connectivity index (χ1n) is 5.73. The van der Waals surface area contributed by atoms with Crippen LogP contribution < -0.4 is 11.1 Å². The number of hydrogen-bond donors (Lipinski definition) is 2. The van der Waals surface area contributed by atoms with Crippen LogP contribution in [-0.4, -0.2) is 43.5 Å². The zero-order chi connectivity index (χ0) is 11.4. The van der Waals surface area contributed by atoms with Crippen molar-refractivity contribution in [2.75, 3.05) is 26.7 Å². The van der Waals surface area contributed by atoms with Crippen LogP contribution in [0.5, 0.6) is 0 Å². The van der Waals surface area contributed by atoms with Crippen LogP contribution in [0.15, 0.2) is 0 Å². The molecule has 3 atom stereocenters. The molecule has 1 rings (SSSR count). The second-order valence-corrected chi connectivity index (χ2v) is 4.72. The molecule has 3 N–H and O–H groups in total. The van der Waals surface area contributed by atoms with Crippen molar-refractivity contribution in [2.24, 2.45) is 17.6 Å². The van der Waals surface area contributed by atoms with E-state index in [2.05, 4.69) is 24.1 Å². The third kappa shape index (κ3) is 3.18. The van der Waals surface area contributed by atoms with Crippen LogP contribution in [0.25, 0.3) is 0 Å². The Morgan fingerprint density at radius 2 is 2.20 bits per heavy atom. The van der Waals surface area contributed by atoms with Gasteiger partial charge in [0.1, 0.15) is 0 Å². The summed E-state index contributed by atoms with van der Waals surface area (Å²) >= 11 is 0. The molecule has 15 heavy (non-hydrogen) atoms. The third-order valence-corrected chi connectivity index (χ3v) is 3.31. The molecule has 0 aromatic heterocycles. The maximum atomic E-state index is 11.4. The van der Waals surface area contributed by atoms with Crippen molar-refractivity contribution in [2.45, 2.75) is 26.3 Å². The summed E-state index contributed by atoms with van der Waals surface area (Å²) < 4.78 is 0. The van der Waals surface area contributed by atoms with Crippen molar-refractivity contribution in [3.8, 4) is 0 Å². The maximum Gasteiger partial charge on any atom is 0.233 e. The number of amides is 1. The summed E-state index contributed by atoms with van der Waals surface area (Å²) in [6, 6.07) is 0.360. The van der Waals surface area contributed by atoms with E-state index in [0.717, 1.165) is 6.54 Å². The van der Waals surface area contributed by atoms with E-state index in [0.29, 0.717) is 31.0 Å². The Balaban J connectivity index is 2.61. The lowest BCUT2D eigenvalue weighted by molar-refractivity contribution is -0.123. The molecule has 4 nitrogen and oxygen atoms in total. The Bertz CT molecular complexity index is 220. The highest BCUT2D eigenvalue weighted by atomic mass is 16.1. The smallest absolute Gasteiger partial charge is 0.233 e. The van der Waals surface area contributed by atoms with Crippen LogP contribution in [-0.2, 0) is 4.79 Å². The monoisotopic (exact) mass is 213 g/mol. The van der Waals surface area contributed by atoms with Gasteiger partial charge in [-0.3, -0.25) is 9.69 Å². The van der Waals surface area contributed by atoms with E-state index < -0.39 is 0 Å². The van der Waals surface area contributed by atoms with Crippen molar-refractivity contribution in [1.82, 2.24) is 10.2 Å². The van der Waals surface area contributed by atoms with Crippen molar-refractivity contribution in [1.29, 1.82) is 0 Å². The van der Waals surface area contributed by atoms with Crippen molar-refractivity contribution in [3.05, 3.63) is 0 Å². The lowest BCUT2D eigenvalue weighted by Gasteiger charge is -2.41. The lowest BCUT2D eigenvalue weighted by atomic mass is 9.85. The molecule has 1 aliphatic rings. The quantitative estimate of drug-likeness (QED) is 0.696. The molecule has 0 aliphatic carbocycles. The maximum absolute atomic E-state index is 11.4. The molecule has 0 bridgehead atoms. The molecule has 1 amide bonds. The normalized spacial score (nSPS) is 32.7. The van der Waals surface area contributed by atoms with Crippen LogP contribution in [0.1, 0.15) is 20.3 Å². The van der Waals surface area contributed by atoms with E-state index in [9.17, 15) is 4.79 Å². The van der Waals surface area contributed by atoms with Crippen molar-refractivity contribution in [3.63, 3.8) is 0 Å². The Labute approximate surface area is 92.2 Å². The van der Waals surface area contributed by atoms with E-state index in [4.69, 9.17) is 5.73 Å². The zero-order valence-corrected chi connectivity index (χ0v) is 9.99. The van der Waals surface area contributed by atoms with Gasteiger partial charge in [-0.15, -0.1) is 0 Å². The summed E-state index contributed by atoms with van der Waals surface area (Å²) in [5, 5.41) is 2.67. The topological polar surface area (TPSA) is 58.4 Å². The first-order chi connectivity index (χ1) is 7.08. The van der Waals surface area contributed by atoms with Crippen LogP contribution in [0, 0.1) is 11.8 Å². The van der Waals surface area contributed by atoms with E-state index in [-0.39, 0.29) is 5.91 Å². The van der Waals surface area contributed by atoms with Gasteiger partial charge in [0, 0.05) is 26.2 Å². The highest BCUT2D eigenvalue weighted by Crippen LogP contribution is 2.26. The molecule has 88 valence electrons. The van der Waals surface area contributed by atoms with Gasteiger partial charge in [0.05, 0.1) is 6.54 Å². The van der Waals surface area contributed by atoms with Crippen molar-refractivity contribution >= 4 is 5.91 Å². The lowest BCUT2D eigenvalue weighted by Crippen LogP contribution is -2.53. The van der Waals surface area contributed by atoms with E-state index >= 15 is 0 Å². The number of nitrogens with one attached hydrogen (secondary N) is 1. The van der Waals surface area contributed by atoms with E-state index in [1.165, 1.54) is 6.42 Å². The summed E-state index contributed by atoms with van der Waals surface area (Å²) in [6.07, 6.45) is 1.21. The highest BCUT2D eigenvalue weighted by Gasteiger charge is 2.31. The zero-order valence-electron chi connectivity index (χ0n) is 9.99. The Morgan fingerprint density at radius 3 is 2.73 bits per heavy atom. The van der Waals surface area contributed by atoms with Gasteiger partial charge >= 0.3 is 0 Å². The number of likely N-dealkylation sites (tertiary alicyclic amines) is 1. The molecule has 0 aromatic carbocycles. The molecule has 1 aliphatic heterocycles. The molecule has 0 saturated carbocycles. The van der Waals surface area contributed by atoms with Crippen LogP contribution in [0.3, 0.4) is 0 Å². The number of rotatable bonds is 3. The Hall–Kier alpha value is -0.610. The number of carbonyl (C=O) groups excluding carboxylic acids is 1. The first kappa shape index (κ1) is 12.5. The number of nitrogens with two attached hydrogens (primary N) is 1. The van der Waals surface area contributed by atoms with Gasteiger partial charge in [0.15, 0.2) is 0 Å². The number of carbonyl (C=O) groups is 1. The summed E-state index contributed by atoms with van der Waals surface area (Å²) in [7, 11) is 1.68. The molecule has 1 heterocycles. The fourth-order valence-electron chi connectivity index (χ4n) is 2.59. The molecular formula is C11H23N3O. The second-order valence-electron chi connectivity index (χ2n) is 4.72. The average Bonchev–Trinajstić information content (AvgIpc) is 2.17. The first-order valence-corrected chi connectivity index (χ1v) is 5.73. The van der Waals surface area contributed by atoms with Gasteiger partial charge in [-0.1, -0.05) is 13.8 Å². The number of nitrogens with zero attached hydrogens (tertiary/aromatic N) is 1. The molecule has 4 heteroatoms. The standard InChI is InChI=1S/C11H23N3O/c1-8-4-9(2)10(5-12)14(6-8)7-11(15)13-3/h8-10H,4-7,12H2,1-3H3,(H,13,15). The minimum Gasteiger partial charge on any atom is -0.358 e. The van der Waals surface area contributed by atoms with Crippen LogP contribution in [0.4, 0.5) is 0 Å². The molecule has 1 saturated heterocycles. The SMILES string of the molecule is CNC(=O)CN1CC(C)CC(C)C1CN. The van der Waals surface area contributed by atoms with E-state index in [1.54, 1.807) is 7.05 Å². The highest BCUT2D eigenvalue weighted by molar-refractivity contribution is 5.77. The van der Waals surface area contributed by atoms with Gasteiger partial charge < -0.3 is 11.1 Å². The third-order valence-electron chi connectivity index (χ3n) is 3.31.